The van der Waals surface area contributed by atoms with Crippen molar-refractivity contribution in [1.82, 2.24) is 0 Å². The van der Waals surface area contributed by atoms with E-state index in [0.717, 1.165) is 5.56 Å². The van der Waals surface area contributed by atoms with Crippen LogP contribution in [0.2, 0.25) is 0 Å². The van der Waals surface area contributed by atoms with Crippen molar-refractivity contribution in [1.29, 1.82) is 0 Å². The Balaban J connectivity index is 3.87. The lowest BCUT2D eigenvalue weighted by molar-refractivity contribution is 0.0775. The second-order valence-electron chi connectivity index (χ2n) is 10.8. The SMILES string of the molecule is CC(C)(C)c1cc(C(C)(C)C)c(S(=O)(=O)CCC(F)(F)S(=O)(=O)O)c(C(C)(C)C)c1. The van der Waals surface area contributed by atoms with Gasteiger partial charge in [0.15, 0.2) is 9.84 Å². The highest BCUT2D eigenvalue weighted by atomic mass is 32.2. The van der Waals surface area contributed by atoms with Crippen LogP contribution in [0.25, 0.3) is 0 Å². The first-order valence-corrected chi connectivity index (χ1v) is 12.8. The fourth-order valence-corrected chi connectivity index (χ4v) is 5.61. The van der Waals surface area contributed by atoms with E-state index < -0.39 is 48.2 Å². The molecule has 1 aromatic carbocycles. The number of alkyl halides is 2. The van der Waals surface area contributed by atoms with Gasteiger partial charge in [-0.1, -0.05) is 74.4 Å². The van der Waals surface area contributed by atoms with Crippen LogP contribution in [-0.2, 0) is 36.2 Å². The molecule has 9 heteroatoms. The van der Waals surface area contributed by atoms with E-state index in [4.69, 9.17) is 4.55 Å². The van der Waals surface area contributed by atoms with Gasteiger partial charge in [0.05, 0.1) is 10.6 Å². The maximum absolute atomic E-state index is 13.8. The molecule has 0 spiro atoms. The van der Waals surface area contributed by atoms with Crippen molar-refractivity contribution in [3.05, 3.63) is 28.8 Å². The normalized spacial score (nSPS) is 14.8. The Bertz CT molecular complexity index is 970. The number of halogens is 2. The molecule has 0 aliphatic rings. The number of hydrogen-bond donors (Lipinski definition) is 1. The van der Waals surface area contributed by atoms with E-state index in [1.165, 1.54) is 0 Å². The molecule has 174 valence electrons. The summed E-state index contributed by atoms with van der Waals surface area (Å²) < 4.78 is 84.7. The number of hydrogen-bond acceptors (Lipinski definition) is 4. The number of rotatable bonds is 5. The lowest BCUT2D eigenvalue weighted by Gasteiger charge is -2.33. The van der Waals surface area contributed by atoms with Crippen LogP contribution in [0.15, 0.2) is 17.0 Å². The minimum Gasteiger partial charge on any atom is -0.281 e. The Morgan fingerprint density at radius 1 is 0.767 bits per heavy atom. The average Bonchev–Trinajstić information content (AvgIpc) is 2.48. The fraction of sp³-hybridized carbons (Fsp3) is 0.714. The molecule has 0 amide bonds. The molecule has 0 bridgehead atoms. The standard InChI is InChI=1S/C21H34F2O5S2/c1-18(2,3)14-12-15(19(4,5)6)17(16(13-14)20(7,8)9)29(24,25)11-10-21(22,23)30(26,27)28/h12-13H,10-11H2,1-9H3,(H,26,27,28). The van der Waals surface area contributed by atoms with Crippen molar-refractivity contribution in [2.75, 3.05) is 5.75 Å². The fourth-order valence-electron chi connectivity index (χ4n) is 3.00. The number of benzene rings is 1. The lowest BCUT2D eigenvalue weighted by Crippen LogP contribution is -2.32. The molecule has 1 rings (SSSR count). The summed E-state index contributed by atoms with van der Waals surface area (Å²) in [5.74, 6) is -1.11. The molecule has 0 atom stereocenters. The van der Waals surface area contributed by atoms with Gasteiger partial charge in [-0.3, -0.25) is 4.55 Å². The molecule has 0 fully saturated rings. The molecule has 1 aromatic rings. The van der Waals surface area contributed by atoms with E-state index in [-0.39, 0.29) is 10.3 Å². The van der Waals surface area contributed by atoms with E-state index in [1.807, 2.05) is 62.3 Å². The van der Waals surface area contributed by atoms with E-state index in [2.05, 4.69) is 0 Å². The quantitative estimate of drug-likeness (QED) is 0.598. The van der Waals surface area contributed by atoms with Crippen molar-refractivity contribution < 1.29 is 30.2 Å². The van der Waals surface area contributed by atoms with Crippen LogP contribution >= 0.6 is 0 Å². The van der Waals surface area contributed by atoms with Gasteiger partial charge in [-0.2, -0.15) is 17.2 Å². The zero-order valence-electron chi connectivity index (χ0n) is 19.2. The van der Waals surface area contributed by atoms with E-state index in [1.54, 1.807) is 12.1 Å². The zero-order valence-corrected chi connectivity index (χ0v) is 20.9. The van der Waals surface area contributed by atoms with Gasteiger partial charge in [0, 0.05) is 6.42 Å². The summed E-state index contributed by atoms with van der Waals surface area (Å²) in [6.45, 7) is 17.0. The monoisotopic (exact) mass is 468 g/mol. The third-order valence-electron chi connectivity index (χ3n) is 4.92. The maximum atomic E-state index is 13.8. The second-order valence-corrected chi connectivity index (χ2v) is 14.4. The average molecular weight is 469 g/mol. The minimum absolute atomic E-state index is 0.0402. The smallest absolute Gasteiger partial charge is 0.281 e. The molecule has 0 heterocycles. The van der Waals surface area contributed by atoms with Crippen LogP contribution in [0, 0.1) is 0 Å². The Hall–Kier alpha value is -1.06. The molecule has 30 heavy (non-hydrogen) atoms. The Morgan fingerprint density at radius 3 is 1.40 bits per heavy atom. The van der Waals surface area contributed by atoms with Gasteiger partial charge in [-0.05, 0) is 32.9 Å². The summed E-state index contributed by atoms with van der Waals surface area (Å²) in [4.78, 5) is -0.0402. The van der Waals surface area contributed by atoms with Crippen molar-refractivity contribution >= 4 is 20.0 Å². The predicted molar refractivity (Wildman–Crippen MR) is 116 cm³/mol. The first-order chi connectivity index (χ1) is 12.9. The molecule has 0 radical (unpaired) electrons. The summed E-state index contributed by atoms with van der Waals surface area (Å²) >= 11 is 0. The highest BCUT2D eigenvalue weighted by molar-refractivity contribution is 7.91. The number of sulfone groups is 1. The van der Waals surface area contributed by atoms with Crippen LogP contribution in [0.3, 0.4) is 0 Å². The topological polar surface area (TPSA) is 88.5 Å². The molecule has 0 saturated carbocycles. The highest BCUT2D eigenvalue weighted by Crippen LogP contribution is 2.41. The third kappa shape index (κ3) is 6.01. The van der Waals surface area contributed by atoms with Crippen LogP contribution in [0.1, 0.15) is 85.4 Å². The zero-order chi connectivity index (χ0) is 24.1. The lowest BCUT2D eigenvalue weighted by atomic mass is 9.75. The molecule has 0 aliphatic carbocycles. The summed E-state index contributed by atoms with van der Waals surface area (Å²) in [5, 5.41) is -4.55. The van der Waals surface area contributed by atoms with Crippen LogP contribution in [-0.4, -0.2) is 32.4 Å². The van der Waals surface area contributed by atoms with E-state index in [9.17, 15) is 25.6 Å². The Morgan fingerprint density at radius 2 is 1.13 bits per heavy atom. The summed E-state index contributed by atoms with van der Waals surface area (Å²) in [6.07, 6.45) is -1.53. The van der Waals surface area contributed by atoms with Gasteiger partial charge in [0.1, 0.15) is 0 Å². The van der Waals surface area contributed by atoms with Crippen LogP contribution < -0.4 is 0 Å². The Kier molecular flexibility index (Phi) is 7.03. The van der Waals surface area contributed by atoms with Crippen LogP contribution in [0.4, 0.5) is 8.78 Å². The summed E-state index contributed by atoms with van der Waals surface area (Å²) in [6, 6.07) is 3.59. The van der Waals surface area contributed by atoms with Gasteiger partial charge in [0.2, 0.25) is 0 Å². The Labute approximate surface area is 179 Å². The predicted octanol–water partition coefficient (Wildman–Crippen LogP) is 5.22. The molecule has 5 nitrogen and oxygen atoms in total. The molecule has 0 unspecified atom stereocenters. The molecule has 0 saturated heterocycles. The van der Waals surface area contributed by atoms with Gasteiger partial charge >= 0.3 is 15.4 Å². The van der Waals surface area contributed by atoms with Crippen molar-refractivity contribution in [2.24, 2.45) is 0 Å². The first kappa shape index (κ1) is 27.0. The molecule has 1 N–H and O–H groups in total. The van der Waals surface area contributed by atoms with Crippen molar-refractivity contribution in [2.45, 2.75) is 95.1 Å². The van der Waals surface area contributed by atoms with Gasteiger partial charge in [0.25, 0.3) is 0 Å². The van der Waals surface area contributed by atoms with Crippen LogP contribution in [0.5, 0.6) is 0 Å². The molecule has 0 aromatic heterocycles. The molecule has 0 aliphatic heterocycles. The first-order valence-electron chi connectivity index (χ1n) is 9.68. The van der Waals surface area contributed by atoms with Crippen molar-refractivity contribution in [3.8, 4) is 0 Å². The van der Waals surface area contributed by atoms with Gasteiger partial charge in [-0.15, -0.1) is 0 Å². The van der Waals surface area contributed by atoms with Gasteiger partial charge < -0.3 is 0 Å². The second kappa shape index (κ2) is 7.81. The highest BCUT2D eigenvalue weighted by Gasteiger charge is 2.45. The van der Waals surface area contributed by atoms with E-state index in [0.29, 0.717) is 11.1 Å². The maximum Gasteiger partial charge on any atom is 0.370 e. The van der Waals surface area contributed by atoms with E-state index >= 15 is 0 Å². The third-order valence-corrected chi connectivity index (χ3v) is 7.68. The molecular weight excluding hydrogens is 434 g/mol. The van der Waals surface area contributed by atoms with Gasteiger partial charge in [-0.25, -0.2) is 8.42 Å². The largest absolute Gasteiger partial charge is 0.370 e. The summed E-state index contributed by atoms with van der Waals surface area (Å²) in [7, 11) is -10.0. The minimum atomic E-state index is -5.71. The summed E-state index contributed by atoms with van der Waals surface area (Å²) in [5.41, 5.74) is 0.398. The molecular formula is C21H34F2O5S2. The van der Waals surface area contributed by atoms with Crippen molar-refractivity contribution in [3.63, 3.8) is 0 Å².